The molecule has 0 unspecified atom stereocenters. The topological polar surface area (TPSA) is 68.1 Å². The Bertz CT molecular complexity index is 986. The van der Waals surface area contributed by atoms with Gasteiger partial charge in [0.25, 0.3) is 0 Å². The zero-order valence-electron chi connectivity index (χ0n) is 16.5. The van der Waals surface area contributed by atoms with Gasteiger partial charge >= 0.3 is 0 Å². The molecule has 0 atom stereocenters. The Morgan fingerprint density at radius 2 is 1.69 bits per heavy atom. The van der Waals surface area contributed by atoms with Crippen molar-refractivity contribution >= 4 is 17.5 Å². The SMILES string of the molecule is CCN1CCN(c2nc(Nc3ccc(C#N)cc3)cc(-c3ccccc3)n2)CC1. The van der Waals surface area contributed by atoms with Gasteiger partial charge in [0.1, 0.15) is 5.82 Å². The zero-order chi connectivity index (χ0) is 20.1. The summed E-state index contributed by atoms with van der Waals surface area (Å²) < 4.78 is 0. The van der Waals surface area contributed by atoms with Crippen LogP contribution in [0.5, 0.6) is 0 Å². The molecule has 4 rings (SSSR count). The van der Waals surface area contributed by atoms with E-state index in [2.05, 4.69) is 40.2 Å². The summed E-state index contributed by atoms with van der Waals surface area (Å²) in [6.07, 6.45) is 0. The standard InChI is InChI=1S/C23H24N6/c1-2-28-12-14-29(15-13-28)23-26-21(19-6-4-3-5-7-19)16-22(27-23)25-20-10-8-18(17-24)9-11-20/h3-11,16H,2,12-15H2,1H3,(H,25,26,27). The van der Waals surface area contributed by atoms with Gasteiger partial charge in [-0.2, -0.15) is 10.2 Å². The van der Waals surface area contributed by atoms with Gasteiger partial charge in [0, 0.05) is 43.5 Å². The summed E-state index contributed by atoms with van der Waals surface area (Å²) in [5.41, 5.74) is 3.48. The average molecular weight is 384 g/mol. The summed E-state index contributed by atoms with van der Waals surface area (Å²) in [6, 6.07) is 21.7. The van der Waals surface area contributed by atoms with Crippen molar-refractivity contribution in [1.82, 2.24) is 14.9 Å². The molecule has 3 aromatic rings. The average Bonchev–Trinajstić information content (AvgIpc) is 2.80. The first-order chi connectivity index (χ1) is 14.2. The zero-order valence-corrected chi connectivity index (χ0v) is 16.5. The van der Waals surface area contributed by atoms with E-state index in [4.69, 9.17) is 15.2 Å². The summed E-state index contributed by atoms with van der Waals surface area (Å²) in [4.78, 5) is 14.3. The molecule has 146 valence electrons. The number of aromatic nitrogens is 2. The third kappa shape index (κ3) is 4.53. The van der Waals surface area contributed by atoms with Crippen molar-refractivity contribution in [2.45, 2.75) is 6.92 Å². The molecule has 29 heavy (non-hydrogen) atoms. The third-order valence-corrected chi connectivity index (χ3v) is 5.17. The number of nitrogens with zero attached hydrogens (tertiary/aromatic N) is 5. The molecular weight excluding hydrogens is 360 g/mol. The van der Waals surface area contributed by atoms with Crippen LogP contribution < -0.4 is 10.2 Å². The van der Waals surface area contributed by atoms with E-state index in [-0.39, 0.29) is 0 Å². The van der Waals surface area contributed by atoms with Crippen LogP contribution >= 0.6 is 0 Å². The number of hydrogen-bond donors (Lipinski definition) is 1. The quantitative estimate of drug-likeness (QED) is 0.720. The molecule has 0 radical (unpaired) electrons. The smallest absolute Gasteiger partial charge is 0.227 e. The molecule has 1 N–H and O–H groups in total. The highest BCUT2D eigenvalue weighted by atomic mass is 15.3. The summed E-state index contributed by atoms with van der Waals surface area (Å²) in [5, 5.41) is 12.4. The maximum absolute atomic E-state index is 9.00. The molecule has 0 spiro atoms. The Kier molecular flexibility index (Phi) is 5.68. The van der Waals surface area contributed by atoms with Crippen molar-refractivity contribution in [3.05, 3.63) is 66.2 Å². The first-order valence-corrected chi connectivity index (χ1v) is 9.94. The Balaban J connectivity index is 1.65. The van der Waals surface area contributed by atoms with Crippen LogP contribution in [0, 0.1) is 11.3 Å². The number of rotatable bonds is 5. The van der Waals surface area contributed by atoms with E-state index in [1.807, 2.05) is 36.4 Å². The normalized spacial score (nSPS) is 14.4. The van der Waals surface area contributed by atoms with Gasteiger partial charge < -0.3 is 15.1 Å². The van der Waals surface area contributed by atoms with Crippen LogP contribution in [0.1, 0.15) is 12.5 Å². The van der Waals surface area contributed by atoms with Crippen LogP contribution in [0.4, 0.5) is 17.5 Å². The van der Waals surface area contributed by atoms with E-state index in [1.54, 1.807) is 12.1 Å². The number of likely N-dealkylation sites (N-methyl/N-ethyl adjacent to an activating group) is 1. The highest BCUT2D eigenvalue weighted by Gasteiger charge is 2.19. The lowest BCUT2D eigenvalue weighted by Gasteiger charge is -2.34. The van der Waals surface area contributed by atoms with Crippen LogP contribution in [0.25, 0.3) is 11.3 Å². The highest BCUT2D eigenvalue weighted by molar-refractivity contribution is 5.67. The van der Waals surface area contributed by atoms with Crippen molar-refractivity contribution in [3.63, 3.8) is 0 Å². The largest absolute Gasteiger partial charge is 0.340 e. The number of nitriles is 1. The number of nitrogens with one attached hydrogen (secondary N) is 1. The molecule has 6 nitrogen and oxygen atoms in total. The van der Waals surface area contributed by atoms with Crippen LogP contribution in [0.2, 0.25) is 0 Å². The second-order valence-electron chi connectivity index (χ2n) is 7.04. The van der Waals surface area contributed by atoms with Gasteiger partial charge in [-0.05, 0) is 30.8 Å². The Morgan fingerprint density at radius 3 is 2.34 bits per heavy atom. The van der Waals surface area contributed by atoms with E-state index in [1.165, 1.54) is 0 Å². The van der Waals surface area contributed by atoms with Gasteiger partial charge in [-0.3, -0.25) is 0 Å². The van der Waals surface area contributed by atoms with Crippen molar-refractivity contribution in [3.8, 4) is 17.3 Å². The Hall–Kier alpha value is -3.43. The molecule has 2 heterocycles. The fourth-order valence-corrected chi connectivity index (χ4v) is 3.44. The van der Waals surface area contributed by atoms with Gasteiger partial charge in [-0.15, -0.1) is 0 Å². The molecule has 1 saturated heterocycles. The minimum atomic E-state index is 0.637. The van der Waals surface area contributed by atoms with Crippen molar-refractivity contribution in [2.75, 3.05) is 42.9 Å². The molecule has 1 aromatic heterocycles. The van der Waals surface area contributed by atoms with Crippen LogP contribution in [-0.2, 0) is 0 Å². The van der Waals surface area contributed by atoms with Crippen LogP contribution in [-0.4, -0.2) is 47.6 Å². The number of piperazine rings is 1. The molecule has 0 amide bonds. The van der Waals surface area contributed by atoms with Gasteiger partial charge in [-0.1, -0.05) is 37.3 Å². The Labute approximate surface area is 171 Å². The van der Waals surface area contributed by atoms with Crippen molar-refractivity contribution in [2.24, 2.45) is 0 Å². The maximum Gasteiger partial charge on any atom is 0.227 e. The van der Waals surface area contributed by atoms with E-state index in [9.17, 15) is 0 Å². The first-order valence-electron chi connectivity index (χ1n) is 9.94. The second kappa shape index (κ2) is 8.72. The predicted molar refractivity (Wildman–Crippen MR) is 116 cm³/mol. The number of anilines is 3. The molecule has 1 aliphatic heterocycles. The van der Waals surface area contributed by atoms with Gasteiger partial charge in [0.05, 0.1) is 17.3 Å². The Morgan fingerprint density at radius 1 is 0.966 bits per heavy atom. The third-order valence-electron chi connectivity index (χ3n) is 5.17. The summed E-state index contributed by atoms with van der Waals surface area (Å²) >= 11 is 0. The summed E-state index contributed by atoms with van der Waals surface area (Å²) in [5.74, 6) is 1.50. The van der Waals surface area contributed by atoms with E-state index in [0.717, 1.165) is 61.4 Å². The van der Waals surface area contributed by atoms with E-state index < -0.39 is 0 Å². The summed E-state index contributed by atoms with van der Waals surface area (Å²) in [6.45, 7) is 7.15. The second-order valence-corrected chi connectivity index (χ2v) is 7.04. The lowest BCUT2D eigenvalue weighted by atomic mass is 10.1. The minimum absolute atomic E-state index is 0.637. The molecular formula is C23H24N6. The van der Waals surface area contributed by atoms with Gasteiger partial charge in [0.15, 0.2) is 0 Å². The summed E-state index contributed by atoms with van der Waals surface area (Å²) in [7, 11) is 0. The monoisotopic (exact) mass is 384 g/mol. The van der Waals surface area contributed by atoms with E-state index >= 15 is 0 Å². The van der Waals surface area contributed by atoms with Crippen molar-refractivity contribution in [1.29, 1.82) is 5.26 Å². The fourth-order valence-electron chi connectivity index (χ4n) is 3.44. The molecule has 6 heteroatoms. The number of benzene rings is 2. The predicted octanol–water partition coefficient (Wildman–Crippen LogP) is 3.90. The number of hydrogen-bond acceptors (Lipinski definition) is 6. The molecule has 1 aliphatic rings. The molecule has 0 saturated carbocycles. The van der Waals surface area contributed by atoms with Crippen molar-refractivity contribution < 1.29 is 0 Å². The minimum Gasteiger partial charge on any atom is -0.340 e. The lowest BCUT2D eigenvalue weighted by Crippen LogP contribution is -2.46. The van der Waals surface area contributed by atoms with Gasteiger partial charge in [0.2, 0.25) is 5.95 Å². The first kappa shape index (κ1) is 18.9. The lowest BCUT2D eigenvalue weighted by molar-refractivity contribution is 0.270. The van der Waals surface area contributed by atoms with Crippen LogP contribution in [0.3, 0.4) is 0 Å². The fraction of sp³-hybridized carbons (Fsp3) is 0.261. The van der Waals surface area contributed by atoms with E-state index in [0.29, 0.717) is 5.56 Å². The maximum atomic E-state index is 9.00. The van der Waals surface area contributed by atoms with Crippen LogP contribution in [0.15, 0.2) is 60.7 Å². The molecule has 0 aliphatic carbocycles. The molecule has 2 aromatic carbocycles. The van der Waals surface area contributed by atoms with Gasteiger partial charge in [-0.25, -0.2) is 4.98 Å². The molecule has 1 fully saturated rings. The highest BCUT2D eigenvalue weighted by Crippen LogP contribution is 2.25. The molecule has 0 bridgehead atoms.